The molecule has 0 atom stereocenters. The lowest BCUT2D eigenvalue weighted by Gasteiger charge is -2.22. The molecule has 4 aromatic rings. The summed E-state index contributed by atoms with van der Waals surface area (Å²) in [7, 11) is 0. The molecule has 0 aliphatic carbocycles. The van der Waals surface area contributed by atoms with E-state index in [1.54, 1.807) is 4.90 Å². The fraction of sp³-hybridized carbons (Fsp3) is 0.156. The Morgan fingerprint density at radius 3 is 1.97 bits per heavy atom. The first-order valence-electron chi connectivity index (χ1n) is 12.1. The van der Waals surface area contributed by atoms with Crippen LogP contribution >= 0.6 is 0 Å². The summed E-state index contributed by atoms with van der Waals surface area (Å²) in [6.45, 7) is 6.18. The molecular weight excluding hydrogens is 469 g/mol. The van der Waals surface area contributed by atoms with Crippen LogP contribution in [0.2, 0.25) is 0 Å². The summed E-state index contributed by atoms with van der Waals surface area (Å²) < 4.78 is 38.8. The van der Waals surface area contributed by atoms with Crippen molar-refractivity contribution in [3.63, 3.8) is 0 Å². The maximum atomic E-state index is 12.9. The van der Waals surface area contributed by atoms with E-state index < -0.39 is 11.7 Å². The van der Waals surface area contributed by atoms with Crippen molar-refractivity contribution >= 4 is 16.9 Å². The number of rotatable bonds is 6. The minimum atomic E-state index is -4.36. The lowest BCUT2D eigenvalue weighted by molar-refractivity contribution is -0.137. The first-order valence-corrected chi connectivity index (χ1v) is 12.1. The predicted octanol–water partition coefficient (Wildman–Crippen LogP) is 9.78. The first-order chi connectivity index (χ1) is 17.7. The van der Waals surface area contributed by atoms with Gasteiger partial charge in [-0.05, 0) is 95.6 Å². The Morgan fingerprint density at radius 2 is 1.43 bits per heavy atom. The standard InChI is InChI=1S/C32H27F3N2/c1-4-8-22(2)29-19-23(3)31(37(21-36)28-9-6-5-7-10-28)20-30(29)26-13-11-24(12-14-26)25-15-17-27(18-16-25)32(33,34)35/h5-20H,4H2,1-3H3/b22-8+. The van der Waals surface area contributed by atoms with E-state index >= 15 is 0 Å². The van der Waals surface area contributed by atoms with Gasteiger partial charge in [0.15, 0.2) is 6.19 Å². The molecule has 0 saturated heterocycles. The van der Waals surface area contributed by atoms with Gasteiger partial charge in [0.05, 0.1) is 16.9 Å². The lowest BCUT2D eigenvalue weighted by Crippen LogP contribution is -2.11. The number of hydrogen-bond acceptors (Lipinski definition) is 2. The number of allylic oxidation sites excluding steroid dienone is 2. The quantitative estimate of drug-likeness (QED) is 0.196. The Morgan fingerprint density at radius 1 is 0.865 bits per heavy atom. The van der Waals surface area contributed by atoms with Crippen molar-refractivity contribution in [3.05, 3.63) is 114 Å². The number of nitrogens with zero attached hydrogens (tertiary/aromatic N) is 2. The Labute approximate surface area is 215 Å². The molecule has 0 N–H and O–H groups in total. The SMILES string of the molecule is CC/C=C(\C)c1cc(C)c(N(C#N)c2ccccc2)cc1-c1ccc(-c2ccc(C(F)(F)F)cc2)cc1. The largest absolute Gasteiger partial charge is 0.416 e. The summed E-state index contributed by atoms with van der Waals surface area (Å²) in [5.74, 6) is 0. The minimum Gasteiger partial charge on any atom is -0.247 e. The predicted molar refractivity (Wildman–Crippen MR) is 145 cm³/mol. The summed E-state index contributed by atoms with van der Waals surface area (Å²) in [5, 5.41) is 10.0. The zero-order chi connectivity index (χ0) is 26.6. The molecule has 4 rings (SSSR count). The maximum Gasteiger partial charge on any atom is 0.416 e. The number of benzene rings is 4. The summed E-state index contributed by atoms with van der Waals surface area (Å²) in [4.78, 5) is 1.62. The van der Waals surface area contributed by atoms with Crippen LogP contribution in [0.4, 0.5) is 24.5 Å². The van der Waals surface area contributed by atoms with E-state index in [0.717, 1.165) is 63.3 Å². The fourth-order valence-corrected chi connectivity index (χ4v) is 4.44. The molecule has 37 heavy (non-hydrogen) atoms. The fourth-order valence-electron chi connectivity index (χ4n) is 4.44. The highest BCUT2D eigenvalue weighted by molar-refractivity contribution is 5.86. The van der Waals surface area contributed by atoms with Crippen LogP contribution in [-0.2, 0) is 6.18 Å². The summed E-state index contributed by atoms with van der Waals surface area (Å²) in [6.07, 6.45) is 1.02. The molecule has 0 aromatic heterocycles. The van der Waals surface area contributed by atoms with Gasteiger partial charge in [0, 0.05) is 0 Å². The van der Waals surface area contributed by atoms with E-state index in [1.165, 1.54) is 12.1 Å². The molecule has 0 fully saturated rings. The van der Waals surface area contributed by atoms with Crippen molar-refractivity contribution in [1.82, 2.24) is 0 Å². The number of hydrogen-bond donors (Lipinski definition) is 0. The number of anilines is 2. The summed E-state index contributed by atoms with van der Waals surface area (Å²) in [5.41, 5.74) is 7.60. The van der Waals surface area contributed by atoms with Gasteiger partial charge in [-0.15, -0.1) is 0 Å². The number of para-hydroxylation sites is 1. The van der Waals surface area contributed by atoms with E-state index in [1.807, 2.05) is 67.6 Å². The van der Waals surface area contributed by atoms with Gasteiger partial charge in [0.1, 0.15) is 0 Å². The van der Waals surface area contributed by atoms with Crippen LogP contribution in [0.15, 0.2) is 97.1 Å². The average molecular weight is 497 g/mol. The van der Waals surface area contributed by atoms with Crippen molar-refractivity contribution in [2.75, 3.05) is 4.90 Å². The van der Waals surface area contributed by atoms with E-state index in [4.69, 9.17) is 0 Å². The molecule has 0 bridgehead atoms. The van der Waals surface area contributed by atoms with Gasteiger partial charge < -0.3 is 0 Å². The number of nitriles is 1. The topological polar surface area (TPSA) is 27.0 Å². The normalized spacial score (nSPS) is 11.8. The van der Waals surface area contributed by atoms with E-state index in [0.29, 0.717) is 5.56 Å². The minimum absolute atomic E-state index is 0.664. The van der Waals surface area contributed by atoms with Crippen LogP contribution in [0.5, 0.6) is 0 Å². The maximum absolute atomic E-state index is 12.9. The van der Waals surface area contributed by atoms with Crippen molar-refractivity contribution in [2.24, 2.45) is 0 Å². The van der Waals surface area contributed by atoms with E-state index in [2.05, 4.69) is 32.2 Å². The number of alkyl halides is 3. The summed E-state index contributed by atoms with van der Waals surface area (Å²) >= 11 is 0. The Bertz CT molecular complexity index is 1440. The van der Waals surface area contributed by atoms with Gasteiger partial charge in [0.25, 0.3) is 0 Å². The van der Waals surface area contributed by atoms with Crippen LogP contribution in [0.3, 0.4) is 0 Å². The Hall–Kier alpha value is -4.30. The molecule has 0 radical (unpaired) electrons. The van der Waals surface area contributed by atoms with Crippen molar-refractivity contribution in [2.45, 2.75) is 33.4 Å². The highest BCUT2D eigenvalue weighted by Crippen LogP contribution is 2.38. The van der Waals surface area contributed by atoms with Crippen LogP contribution < -0.4 is 4.90 Å². The van der Waals surface area contributed by atoms with Gasteiger partial charge in [-0.1, -0.05) is 67.6 Å². The monoisotopic (exact) mass is 496 g/mol. The van der Waals surface area contributed by atoms with Crippen molar-refractivity contribution in [1.29, 1.82) is 5.26 Å². The molecule has 0 aliphatic rings. The van der Waals surface area contributed by atoms with Crippen LogP contribution in [0.25, 0.3) is 27.8 Å². The van der Waals surface area contributed by atoms with Gasteiger partial charge >= 0.3 is 6.18 Å². The molecule has 2 nitrogen and oxygen atoms in total. The van der Waals surface area contributed by atoms with E-state index in [-0.39, 0.29) is 0 Å². The molecular formula is C32H27F3N2. The number of halogens is 3. The molecule has 0 spiro atoms. The zero-order valence-electron chi connectivity index (χ0n) is 21.0. The molecule has 0 saturated carbocycles. The zero-order valence-corrected chi connectivity index (χ0v) is 21.0. The third-order valence-electron chi connectivity index (χ3n) is 6.37. The molecule has 0 heterocycles. The van der Waals surface area contributed by atoms with Gasteiger partial charge in [-0.3, -0.25) is 0 Å². The van der Waals surface area contributed by atoms with Gasteiger partial charge in [-0.25, -0.2) is 4.90 Å². The first kappa shape index (κ1) is 25.8. The smallest absolute Gasteiger partial charge is 0.247 e. The molecule has 0 unspecified atom stereocenters. The second-order valence-corrected chi connectivity index (χ2v) is 8.90. The third-order valence-corrected chi connectivity index (χ3v) is 6.37. The highest BCUT2D eigenvalue weighted by Gasteiger charge is 2.30. The van der Waals surface area contributed by atoms with Crippen molar-refractivity contribution < 1.29 is 13.2 Å². The molecule has 4 aromatic carbocycles. The van der Waals surface area contributed by atoms with Crippen LogP contribution in [-0.4, -0.2) is 0 Å². The molecule has 0 aliphatic heterocycles. The highest BCUT2D eigenvalue weighted by atomic mass is 19.4. The van der Waals surface area contributed by atoms with Gasteiger partial charge in [-0.2, -0.15) is 18.4 Å². The Balaban J connectivity index is 1.79. The summed E-state index contributed by atoms with van der Waals surface area (Å²) in [6, 6.07) is 26.6. The Kier molecular flexibility index (Phi) is 7.50. The van der Waals surface area contributed by atoms with Crippen LogP contribution in [0.1, 0.15) is 37.0 Å². The molecule has 0 amide bonds. The molecule has 186 valence electrons. The lowest BCUT2D eigenvalue weighted by atomic mass is 9.90. The number of aryl methyl sites for hydroxylation is 1. The second kappa shape index (κ2) is 10.8. The third kappa shape index (κ3) is 5.59. The van der Waals surface area contributed by atoms with Gasteiger partial charge in [0.2, 0.25) is 0 Å². The van der Waals surface area contributed by atoms with Crippen molar-refractivity contribution in [3.8, 4) is 28.4 Å². The average Bonchev–Trinajstić information content (AvgIpc) is 2.90. The van der Waals surface area contributed by atoms with Crippen LogP contribution in [0, 0.1) is 18.4 Å². The van der Waals surface area contributed by atoms with E-state index in [9.17, 15) is 18.4 Å². The molecule has 5 heteroatoms. The second-order valence-electron chi connectivity index (χ2n) is 8.90.